The van der Waals surface area contributed by atoms with E-state index in [0.29, 0.717) is 0 Å². The Morgan fingerprint density at radius 3 is 2.44 bits per heavy atom. The molecule has 0 amide bonds. The van der Waals surface area contributed by atoms with Gasteiger partial charge in [0.25, 0.3) is 0 Å². The van der Waals surface area contributed by atoms with Crippen molar-refractivity contribution in [2.75, 3.05) is 0 Å². The van der Waals surface area contributed by atoms with Gasteiger partial charge in [0.1, 0.15) is 0 Å². The first-order valence-electron chi connectivity index (χ1n) is 3.98. The predicted octanol–water partition coefficient (Wildman–Crippen LogP) is 3.10. The van der Waals surface area contributed by atoms with Crippen LogP contribution in [0.2, 0.25) is 0 Å². The van der Waals surface area contributed by atoms with E-state index in [0.717, 1.165) is 0 Å². The second-order valence-corrected chi connectivity index (χ2v) is 2.66. The lowest BCUT2D eigenvalue weighted by atomic mass is 10.1. The van der Waals surface area contributed by atoms with Gasteiger partial charge in [-0.25, -0.2) is 0 Å². The highest BCUT2D eigenvalue weighted by molar-refractivity contribution is 4.94. The van der Waals surface area contributed by atoms with Crippen molar-refractivity contribution in [3.8, 4) is 0 Å². The van der Waals surface area contributed by atoms with Gasteiger partial charge in [-0.1, -0.05) is 31.4 Å². The molecule has 0 heteroatoms. The maximum absolute atomic E-state index is 2.28. The van der Waals surface area contributed by atoms with E-state index < -0.39 is 0 Å². The first-order chi connectivity index (χ1) is 4.50. The van der Waals surface area contributed by atoms with Crippen molar-refractivity contribution in [1.29, 1.82) is 0 Å². The lowest BCUT2D eigenvalue weighted by Crippen LogP contribution is -1.74. The van der Waals surface area contributed by atoms with Crippen LogP contribution in [0.25, 0.3) is 0 Å². The molecule has 1 radical (unpaired) electrons. The van der Waals surface area contributed by atoms with Crippen molar-refractivity contribution in [1.82, 2.24) is 0 Å². The first-order valence-corrected chi connectivity index (χ1v) is 3.98. The van der Waals surface area contributed by atoms with Crippen LogP contribution >= 0.6 is 0 Å². The van der Waals surface area contributed by atoms with Crippen LogP contribution in [0, 0.1) is 6.42 Å². The van der Waals surface area contributed by atoms with Crippen molar-refractivity contribution in [2.24, 2.45) is 0 Å². The van der Waals surface area contributed by atoms with Gasteiger partial charge in [0.2, 0.25) is 0 Å². The van der Waals surface area contributed by atoms with Crippen LogP contribution in [0.3, 0.4) is 0 Å². The Bertz CT molecular complexity index is 72.0. The molecule has 1 rings (SSSR count). The fourth-order valence-electron chi connectivity index (χ4n) is 1.17. The quantitative estimate of drug-likeness (QED) is 0.464. The molecule has 0 fully saturated rings. The summed E-state index contributed by atoms with van der Waals surface area (Å²) in [7, 11) is 0. The molecule has 0 bridgehead atoms. The minimum Gasteiger partial charge on any atom is -0.0882 e. The Hall–Kier alpha value is -0.260. The van der Waals surface area contributed by atoms with Gasteiger partial charge in [-0.05, 0) is 25.7 Å². The molecular weight excluding hydrogens is 108 g/mol. The summed E-state index contributed by atoms with van der Waals surface area (Å²) in [4.78, 5) is 0. The maximum atomic E-state index is 2.28. The highest BCUT2D eigenvalue weighted by Gasteiger charge is 1.91. The summed E-state index contributed by atoms with van der Waals surface area (Å²) in [5.74, 6) is 0. The van der Waals surface area contributed by atoms with Gasteiger partial charge >= 0.3 is 0 Å². The fraction of sp³-hybridized carbons (Fsp3) is 0.667. The smallest absolute Gasteiger partial charge is 0.0171 e. The monoisotopic (exact) mass is 123 g/mol. The molecule has 0 heterocycles. The standard InChI is InChI=1S/C9H15/c1-2-4-6-8-9-7-5-3-1/h1-3H,4-9H2/b2-1+. The average Bonchev–Trinajstić information content (AvgIpc) is 2.00. The molecule has 0 atom stereocenters. The van der Waals surface area contributed by atoms with Gasteiger partial charge < -0.3 is 0 Å². The molecule has 0 spiro atoms. The number of rotatable bonds is 0. The SMILES string of the molecule is [CH]1/C=C/CCCCCC1. The van der Waals surface area contributed by atoms with E-state index >= 15 is 0 Å². The van der Waals surface area contributed by atoms with Crippen molar-refractivity contribution in [2.45, 2.75) is 38.5 Å². The van der Waals surface area contributed by atoms with Gasteiger partial charge in [-0.3, -0.25) is 0 Å². The molecule has 0 aromatic heterocycles. The van der Waals surface area contributed by atoms with Crippen LogP contribution in [-0.2, 0) is 0 Å². The van der Waals surface area contributed by atoms with Crippen molar-refractivity contribution in [3.05, 3.63) is 18.6 Å². The molecule has 1 aliphatic rings. The van der Waals surface area contributed by atoms with Crippen LogP contribution < -0.4 is 0 Å². The Morgan fingerprint density at radius 1 is 0.778 bits per heavy atom. The lowest BCUT2D eigenvalue weighted by molar-refractivity contribution is 0.653. The number of allylic oxidation sites excluding steroid dienone is 2. The molecule has 51 valence electrons. The Labute approximate surface area is 58.0 Å². The normalized spacial score (nSPS) is 25.8. The Kier molecular flexibility index (Phi) is 3.51. The van der Waals surface area contributed by atoms with Crippen LogP contribution in [0.4, 0.5) is 0 Å². The highest BCUT2D eigenvalue weighted by atomic mass is 14.0. The third-order valence-corrected chi connectivity index (χ3v) is 1.76. The van der Waals surface area contributed by atoms with Crippen LogP contribution in [0.1, 0.15) is 38.5 Å². The molecule has 1 aliphatic carbocycles. The highest BCUT2D eigenvalue weighted by Crippen LogP contribution is 2.10. The van der Waals surface area contributed by atoms with E-state index in [4.69, 9.17) is 0 Å². The predicted molar refractivity (Wildman–Crippen MR) is 41.1 cm³/mol. The summed E-state index contributed by atoms with van der Waals surface area (Å²) in [6, 6.07) is 0. The van der Waals surface area contributed by atoms with Crippen LogP contribution in [0.15, 0.2) is 12.2 Å². The third kappa shape index (κ3) is 3.34. The molecule has 0 unspecified atom stereocenters. The van der Waals surface area contributed by atoms with Gasteiger partial charge in [-0.2, -0.15) is 0 Å². The zero-order valence-electron chi connectivity index (χ0n) is 5.97. The molecule has 0 aliphatic heterocycles. The molecule has 0 aromatic rings. The second kappa shape index (κ2) is 4.60. The van der Waals surface area contributed by atoms with Crippen molar-refractivity contribution in [3.63, 3.8) is 0 Å². The molecule has 0 saturated heterocycles. The largest absolute Gasteiger partial charge is 0.0882 e. The summed E-state index contributed by atoms with van der Waals surface area (Å²) < 4.78 is 0. The Morgan fingerprint density at radius 2 is 1.56 bits per heavy atom. The second-order valence-electron chi connectivity index (χ2n) is 2.66. The van der Waals surface area contributed by atoms with Gasteiger partial charge in [0.15, 0.2) is 0 Å². The summed E-state index contributed by atoms with van der Waals surface area (Å²) in [6.45, 7) is 0. The van der Waals surface area contributed by atoms with E-state index in [9.17, 15) is 0 Å². The molecular formula is C9H15. The average molecular weight is 123 g/mol. The first kappa shape index (κ1) is 6.85. The van der Waals surface area contributed by atoms with Gasteiger partial charge in [0, 0.05) is 0 Å². The maximum Gasteiger partial charge on any atom is -0.0171 e. The zero-order chi connectivity index (χ0) is 6.36. The summed E-state index contributed by atoms with van der Waals surface area (Å²) >= 11 is 0. The number of hydrogen-bond donors (Lipinski definition) is 0. The topological polar surface area (TPSA) is 0 Å². The van der Waals surface area contributed by atoms with Crippen LogP contribution in [0.5, 0.6) is 0 Å². The third-order valence-electron chi connectivity index (χ3n) is 1.76. The van der Waals surface area contributed by atoms with E-state index in [-0.39, 0.29) is 0 Å². The van der Waals surface area contributed by atoms with E-state index in [1.54, 1.807) is 0 Å². The van der Waals surface area contributed by atoms with E-state index in [1.165, 1.54) is 38.5 Å². The number of hydrogen-bond acceptors (Lipinski definition) is 0. The van der Waals surface area contributed by atoms with Crippen molar-refractivity contribution < 1.29 is 0 Å². The molecule has 0 N–H and O–H groups in total. The minimum atomic E-state index is 1.29. The van der Waals surface area contributed by atoms with E-state index in [1.807, 2.05) is 0 Å². The zero-order valence-corrected chi connectivity index (χ0v) is 5.97. The van der Waals surface area contributed by atoms with Gasteiger partial charge in [0.05, 0.1) is 0 Å². The summed E-state index contributed by atoms with van der Waals surface area (Å²) in [5, 5.41) is 0. The molecule has 9 heavy (non-hydrogen) atoms. The molecule has 0 saturated carbocycles. The fourth-order valence-corrected chi connectivity index (χ4v) is 1.17. The molecule has 0 nitrogen and oxygen atoms in total. The van der Waals surface area contributed by atoms with Crippen LogP contribution in [-0.4, -0.2) is 0 Å². The Balaban J connectivity index is 2.15. The van der Waals surface area contributed by atoms with E-state index in [2.05, 4.69) is 18.6 Å². The van der Waals surface area contributed by atoms with Crippen molar-refractivity contribution >= 4 is 0 Å². The minimum absolute atomic E-state index is 1.29. The summed E-state index contributed by atoms with van der Waals surface area (Å²) in [6.07, 6.45) is 15.0. The van der Waals surface area contributed by atoms with Gasteiger partial charge in [-0.15, -0.1) is 0 Å². The molecule has 0 aromatic carbocycles. The lowest BCUT2D eigenvalue weighted by Gasteiger charge is -1.93. The summed E-state index contributed by atoms with van der Waals surface area (Å²) in [5.41, 5.74) is 0.